The molecule has 0 saturated heterocycles. The van der Waals surface area contributed by atoms with E-state index in [1.165, 1.54) is 6.92 Å². The number of aliphatic hydroxyl groups excluding tert-OH is 1. The normalized spacial score (nSPS) is 14.8. The van der Waals surface area contributed by atoms with Crippen LogP contribution < -0.4 is 9.47 Å². The highest BCUT2D eigenvalue weighted by Gasteiger charge is 2.37. The molecule has 1 aliphatic heterocycles. The fourth-order valence-corrected chi connectivity index (χ4v) is 1.91. The third-order valence-electron chi connectivity index (χ3n) is 2.62. The average molecular weight is 270 g/mol. The summed E-state index contributed by atoms with van der Waals surface area (Å²) in [6.45, 7) is 1.46. The molecule has 0 radical (unpaired) electrons. The van der Waals surface area contributed by atoms with E-state index in [2.05, 4.69) is 0 Å². The van der Waals surface area contributed by atoms with Crippen LogP contribution in [0, 0.1) is 20.2 Å². The maximum absolute atomic E-state index is 11.1. The maximum Gasteiger partial charge on any atom is 0.327 e. The van der Waals surface area contributed by atoms with Crippen molar-refractivity contribution in [3.63, 3.8) is 0 Å². The fraction of sp³-hybridized carbons (Fsp3) is 0.400. The summed E-state index contributed by atoms with van der Waals surface area (Å²) < 4.78 is 10.3. The van der Waals surface area contributed by atoms with Gasteiger partial charge < -0.3 is 14.6 Å². The lowest BCUT2D eigenvalue weighted by Gasteiger charge is -2.19. The second-order valence-electron chi connectivity index (χ2n) is 3.87. The van der Waals surface area contributed by atoms with Crippen LogP contribution in [-0.4, -0.2) is 28.2 Å². The lowest BCUT2D eigenvalue weighted by Crippen LogP contribution is -2.18. The first-order valence-electron chi connectivity index (χ1n) is 5.36. The van der Waals surface area contributed by atoms with Gasteiger partial charge in [0.15, 0.2) is 5.75 Å². The smallest absolute Gasteiger partial charge is 0.327 e. The van der Waals surface area contributed by atoms with Crippen LogP contribution in [0.1, 0.15) is 18.6 Å². The Morgan fingerprint density at radius 2 is 1.89 bits per heavy atom. The largest absolute Gasteiger partial charge is 0.486 e. The number of aliphatic hydroxyl groups is 1. The number of ether oxygens (including phenoxy) is 2. The Balaban J connectivity index is 2.81. The van der Waals surface area contributed by atoms with E-state index in [0.717, 1.165) is 6.07 Å². The number of nitro groups is 2. The van der Waals surface area contributed by atoms with Crippen LogP contribution in [0.5, 0.6) is 11.5 Å². The number of hydrogen-bond donors (Lipinski definition) is 1. The van der Waals surface area contributed by atoms with Crippen LogP contribution in [0.4, 0.5) is 11.4 Å². The molecule has 1 aliphatic rings. The third kappa shape index (κ3) is 2.15. The minimum atomic E-state index is -1.38. The van der Waals surface area contributed by atoms with Gasteiger partial charge in [-0.1, -0.05) is 0 Å². The molecule has 0 bridgehead atoms. The van der Waals surface area contributed by atoms with Gasteiger partial charge in [-0.05, 0) is 6.92 Å². The highest BCUT2D eigenvalue weighted by atomic mass is 16.6. The minimum Gasteiger partial charge on any atom is -0.486 e. The van der Waals surface area contributed by atoms with Gasteiger partial charge in [0, 0.05) is 0 Å². The summed E-state index contributed by atoms with van der Waals surface area (Å²) in [7, 11) is 0. The van der Waals surface area contributed by atoms with Gasteiger partial charge in [0.05, 0.1) is 22.0 Å². The summed E-state index contributed by atoms with van der Waals surface area (Å²) in [5, 5.41) is 31.7. The van der Waals surface area contributed by atoms with E-state index in [0.29, 0.717) is 0 Å². The van der Waals surface area contributed by atoms with E-state index >= 15 is 0 Å². The van der Waals surface area contributed by atoms with E-state index in [1.54, 1.807) is 0 Å². The monoisotopic (exact) mass is 270 g/mol. The first-order valence-corrected chi connectivity index (χ1v) is 5.36. The quantitative estimate of drug-likeness (QED) is 0.648. The molecule has 1 unspecified atom stereocenters. The standard InChI is InChI=1S/C10H10N2O7/c1-5(13)8-6(11(14)15)4-7-10(9(8)12(16)17)19-3-2-18-7/h4-5,13H,2-3H2,1H3. The Kier molecular flexibility index (Phi) is 3.21. The van der Waals surface area contributed by atoms with Crippen molar-refractivity contribution in [3.8, 4) is 11.5 Å². The molecule has 19 heavy (non-hydrogen) atoms. The summed E-state index contributed by atoms with van der Waals surface area (Å²) in [5.74, 6) is -0.244. The topological polar surface area (TPSA) is 125 Å². The van der Waals surface area contributed by atoms with E-state index in [1.807, 2.05) is 0 Å². The highest BCUT2D eigenvalue weighted by molar-refractivity contribution is 5.69. The van der Waals surface area contributed by atoms with Crippen LogP contribution in [0.25, 0.3) is 0 Å². The van der Waals surface area contributed by atoms with Crippen molar-refractivity contribution in [3.05, 3.63) is 31.9 Å². The fourth-order valence-electron chi connectivity index (χ4n) is 1.91. The van der Waals surface area contributed by atoms with Gasteiger partial charge in [-0.15, -0.1) is 0 Å². The molecule has 1 aromatic rings. The average Bonchev–Trinajstić information content (AvgIpc) is 2.35. The van der Waals surface area contributed by atoms with Crippen LogP contribution in [0.2, 0.25) is 0 Å². The number of fused-ring (bicyclic) bond motifs is 1. The number of nitrogens with zero attached hydrogens (tertiary/aromatic N) is 2. The molecule has 1 N–H and O–H groups in total. The molecule has 1 heterocycles. The number of hydrogen-bond acceptors (Lipinski definition) is 7. The number of nitro benzene ring substituents is 2. The Bertz CT molecular complexity index is 555. The van der Waals surface area contributed by atoms with Crippen molar-refractivity contribution >= 4 is 11.4 Å². The molecule has 0 fully saturated rings. The van der Waals surface area contributed by atoms with Crippen molar-refractivity contribution in [2.75, 3.05) is 13.2 Å². The molecule has 102 valence electrons. The van der Waals surface area contributed by atoms with Crippen LogP contribution in [0.3, 0.4) is 0 Å². The second-order valence-corrected chi connectivity index (χ2v) is 3.87. The lowest BCUT2D eigenvalue weighted by molar-refractivity contribution is -0.397. The summed E-state index contributed by atoms with van der Waals surface area (Å²) in [6, 6.07) is 1.03. The Labute approximate surface area is 106 Å². The number of benzene rings is 1. The van der Waals surface area contributed by atoms with Gasteiger partial charge in [-0.2, -0.15) is 0 Å². The van der Waals surface area contributed by atoms with E-state index in [-0.39, 0.29) is 30.3 Å². The maximum atomic E-state index is 11.1. The molecule has 0 spiro atoms. The van der Waals surface area contributed by atoms with E-state index < -0.39 is 27.3 Å². The molecule has 9 heteroatoms. The summed E-state index contributed by atoms with van der Waals surface area (Å²) >= 11 is 0. The van der Waals surface area contributed by atoms with Gasteiger partial charge in [-0.3, -0.25) is 20.2 Å². The van der Waals surface area contributed by atoms with Gasteiger partial charge in [-0.25, -0.2) is 0 Å². The van der Waals surface area contributed by atoms with Gasteiger partial charge in [0.25, 0.3) is 5.69 Å². The second kappa shape index (κ2) is 4.69. The predicted molar refractivity (Wildman–Crippen MR) is 61.4 cm³/mol. The zero-order valence-electron chi connectivity index (χ0n) is 9.86. The Hall–Kier alpha value is -2.42. The zero-order valence-corrected chi connectivity index (χ0v) is 9.86. The summed E-state index contributed by atoms with van der Waals surface area (Å²) in [6.07, 6.45) is -1.38. The highest BCUT2D eigenvalue weighted by Crippen LogP contribution is 2.48. The molecule has 0 aliphatic carbocycles. The van der Waals surface area contributed by atoms with Crippen LogP contribution in [-0.2, 0) is 0 Å². The molecule has 0 saturated carbocycles. The molecule has 2 rings (SSSR count). The number of rotatable bonds is 3. The lowest BCUT2D eigenvalue weighted by atomic mass is 10.0. The molecule has 0 amide bonds. The summed E-state index contributed by atoms with van der Waals surface area (Å²) in [4.78, 5) is 20.5. The molecule has 9 nitrogen and oxygen atoms in total. The van der Waals surface area contributed by atoms with Crippen molar-refractivity contribution < 1.29 is 24.4 Å². The van der Waals surface area contributed by atoms with Crippen molar-refractivity contribution in [1.82, 2.24) is 0 Å². The first kappa shape index (κ1) is 13.0. The van der Waals surface area contributed by atoms with Gasteiger partial charge >= 0.3 is 5.69 Å². The third-order valence-corrected chi connectivity index (χ3v) is 2.62. The van der Waals surface area contributed by atoms with Gasteiger partial charge in [0.1, 0.15) is 18.8 Å². The van der Waals surface area contributed by atoms with E-state index in [9.17, 15) is 25.3 Å². The van der Waals surface area contributed by atoms with Crippen LogP contribution >= 0.6 is 0 Å². The molecule has 1 aromatic carbocycles. The van der Waals surface area contributed by atoms with Gasteiger partial charge in [0.2, 0.25) is 5.75 Å². The van der Waals surface area contributed by atoms with Crippen LogP contribution in [0.15, 0.2) is 6.07 Å². The Morgan fingerprint density at radius 1 is 1.26 bits per heavy atom. The molecule has 0 aromatic heterocycles. The zero-order chi connectivity index (χ0) is 14.2. The van der Waals surface area contributed by atoms with Crippen molar-refractivity contribution in [2.24, 2.45) is 0 Å². The molecular formula is C10H10N2O7. The molecule has 1 atom stereocenters. The SMILES string of the molecule is CC(O)c1c([N+](=O)[O-])cc2c(c1[N+](=O)[O-])OCCO2. The first-order chi connectivity index (χ1) is 8.93. The summed E-state index contributed by atoms with van der Waals surface area (Å²) in [5.41, 5.74) is -1.58. The van der Waals surface area contributed by atoms with Crippen molar-refractivity contribution in [2.45, 2.75) is 13.0 Å². The van der Waals surface area contributed by atoms with Crippen molar-refractivity contribution in [1.29, 1.82) is 0 Å². The Morgan fingerprint density at radius 3 is 2.42 bits per heavy atom. The molecular weight excluding hydrogens is 260 g/mol. The predicted octanol–water partition coefficient (Wildman–Crippen LogP) is 1.33. The minimum absolute atomic E-state index is 0.0611. The van der Waals surface area contributed by atoms with E-state index in [4.69, 9.17) is 9.47 Å².